The number of sulfonamides is 1. The summed E-state index contributed by atoms with van der Waals surface area (Å²) >= 11 is 0. The summed E-state index contributed by atoms with van der Waals surface area (Å²) in [6.07, 6.45) is 0.999. The lowest BCUT2D eigenvalue weighted by Gasteiger charge is -2.33. The van der Waals surface area contributed by atoms with Crippen molar-refractivity contribution in [3.63, 3.8) is 0 Å². The van der Waals surface area contributed by atoms with Crippen LogP contribution < -0.4 is 0 Å². The number of aliphatic hydroxyl groups excluding tert-OH is 1. The van der Waals surface area contributed by atoms with Crippen LogP contribution in [0.4, 0.5) is 0 Å². The Morgan fingerprint density at radius 2 is 2.19 bits per heavy atom. The van der Waals surface area contributed by atoms with Crippen molar-refractivity contribution in [3.8, 4) is 0 Å². The molecule has 0 bridgehead atoms. The topological polar surface area (TPSA) is 75.4 Å². The maximum atomic E-state index is 12.0. The van der Waals surface area contributed by atoms with Gasteiger partial charge in [-0.15, -0.1) is 0 Å². The molecule has 2 heterocycles. The van der Waals surface area contributed by atoms with Gasteiger partial charge in [0, 0.05) is 25.8 Å². The molecule has 1 aromatic rings. The van der Waals surface area contributed by atoms with E-state index in [1.165, 1.54) is 10.5 Å². The molecule has 1 aliphatic heterocycles. The molecule has 1 saturated heterocycles. The van der Waals surface area contributed by atoms with Gasteiger partial charge in [0.1, 0.15) is 5.82 Å². The van der Waals surface area contributed by atoms with Crippen LogP contribution in [-0.4, -0.2) is 46.6 Å². The summed E-state index contributed by atoms with van der Waals surface area (Å²) < 4.78 is 27.0. The third-order valence-electron chi connectivity index (χ3n) is 2.73. The Kier molecular flexibility index (Phi) is 2.77. The minimum absolute atomic E-state index is 0.0683. The predicted octanol–water partition coefficient (Wildman–Crippen LogP) is -0.423. The van der Waals surface area contributed by atoms with Crippen molar-refractivity contribution in [1.82, 2.24) is 13.9 Å². The van der Waals surface area contributed by atoms with Crippen molar-refractivity contribution >= 4 is 10.0 Å². The van der Waals surface area contributed by atoms with E-state index >= 15 is 0 Å². The first-order valence-electron chi connectivity index (χ1n) is 5.17. The van der Waals surface area contributed by atoms with E-state index in [2.05, 4.69) is 4.98 Å². The lowest BCUT2D eigenvalue weighted by atomic mass is 10.2. The zero-order chi connectivity index (χ0) is 11.9. The number of aryl methyl sites for hydroxylation is 2. The Balaban J connectivity index is 2.29. The van der Waals surface area contributed by atoms with Crippen molar-refractivity contribution in [1.29, 1.82) is 0 Å². The summed E-state index contributed by atoms with van der Waals surface area (Å²) in [5.74, 6) is 0.683. The number of β-amino-alcohol motifs (C(OH)–C–C–N with tert-alkyl or cyclic N) is 1. The molecule has 1 fully saturated rings. The number of imidazole rings is 1. The van der Waals surface area contributed by atoms with Gasteiger partial charge in [0.2, 0.25) is 0 Å². The van der Waals surface area contributed by atoms with Crippen LogP contribution in [0, 0.1) is 6.92 Å². The smallest absolute Gasteiger partial charge is 0.262 e. The van der Waals surface area contributed by atoms with Crippen LogP contribution in [0.1, 0.15) is 12.7 Å². The fourth-order valence-corrected chi connectivity index (χ4v) is 3.18. The van der Waals surface area contributed by atoms with E-state index in [-0.39, 0.29) is 18.1 Å². The summed E-state index contributed by atoms with van der Waals surface area (Å²) in [4.78, 5) is 4.03. The van der Waals surface area contributed by atoms with Crippen molar-refractivity contribution in [2.24, 2.45) is 0 Å². The lowest BCUT2D eigenvalue weighted by Crippen LogP contribution is -2.53. The lowest BCUT2D eigenvalue weighted by molar-refractivity contribution is 0.0546. The fraction of sp³-hybridized carbons (Fsp3) is 0.667. The van der Waals surface area contributed by atoms with Crippen LogP contribution >= 0.6 is 0 Å². The van der Waals surface area contributed by atoms with Crippen molar-refractivity contribution in [3.05, 3.63) is 12.0 Å². The van der Waals surface area contributed by atoms with E-state index < -0.39 is 16.1 Å². The Bertz CT molecular complexity index is 488. The summed E-state index contributed by atoms with van der Waals surface area (Å²) in [6, 6.07) is 0. The zero-order valence-electron chi connectivity index (χ0n) is 9.29. The average Bonchev–Trinajstić information content (AvgIpc) is 2.55. The van der Waals surface area contributed by atoms with E-state index in [9.17, 15) is 8.42 Å². The van der Waals surface area contributed by atoms with E-state index in [0.29, 0.717) is 12.4 Å². The molecule has 0 aromatic carbocycles. The van der Waals surface area contributed by atoms with Crippen LogP contribution in [-0.2, 0) is 16.6 Å². The minimum Gasteiger partial charge on any atom is -0.390 e. The third kappa shape index (κ3) is 1.74. The molecule has 1 N–H and O–H groups in total. The molecule has 0 amide bonds. The van der Waals surface area contributed by atoms with E-state index in [0.717, 1.165) is 0 Å². The van der Waals surface area contributed by atoms with Gasteiger partial charge in [-0.3, -0.25) is 0 Å². The first-order valence-corrected chi connectivity index (χ1v) is 6.61. The standard InChI is InChI=1S/C9H15N3O3S/c1-3-11-6-9(10-7(11)2)16(14,15)12-4-8(13)5-12/h6,8,13H,3-5H2,1-2H3. The van der Waals surface area contributed by atoms with Crippen molar-refractivity contribution in [2.45, 2.75) is 31.5 Å². The molecule has 0 spiro atoms. The molecule has 0 radical (unpaired) electrons. The van der Waals surface area contributed by atoms with Crippen LogP contribution in [0.2, 0.25) is 0 Å². The second-order valence-electron chi connectivity index (χ2n) is 3.89. The molecule has 0 unspecified atom stereocenters. The molecule has 6 nitrogen and oxygen atoms in total. The number of hydrogen-bond donors (Lipinski definition) is 1. The molecule has 0 aliphatic carbocycles. The van der Waals surface area contributed by atoms with E-state index in [1.807, 2.05) is 6.92 Å². The molecule has 0 saturated carbocycles. The van der Waals surface area contributed by atoms with Crippen molar-refractivity contribution < 1.29 is 13.5 Å². The second kappa shape index (κ2) is 3.83. The Labute approximate surface area is 94.6 Å². The fourth-order valence-electron chi connectivity index (χ4n) is 1.67. The third-order valence-corrected chi connectivity index (χ3v) is 4.43. The molecule has 16 heavy (non-hydrogen) atoms. The quantitative estimate of drug-likeness (QED) is 0.784. The highest BCUT2D eigenvalue weighted by atomic mass is 32.2. The van der Waals surface area contributed by atoms with Gasteiger partial charge in [-0.2, -0.15) is 4.31 Å². The van der Waals surface area contributed by atoms with Crippen LogP contribution in [0.5, 0.6) is 0 Å². The molecular formula is C9H15N3O3S. The molecule has 90 valence electrons. The maximum Gasteiger partial charge on any atom is 0.262 e. The highest BCUT2D eigenvalue weighted by molar-refractivity contribution is 7.89. The summed E-state index contributed by atoms with van der Waals surface area (Å²) in [6.45, 7) is 4.73. The van der Waals surface area contributed by atoms with Crippen LogP contribution in [0.15, 0.2) is 11.2 Å². The number of rotatable bonds is 3. The Hall–Kier alpha value is -0.920. The van der Waals surface area contributed by atoms with Gasteiger partial charge in [-0.1, -0.05) is 0 Å². The summed E-state index contributed by atoms with van der Waals surface area (Å²) in [7, 11) is -3.51. The highest BCUT2D eigenvalue weighted by Gasteiger charge is 2.37. The SMILES string of the molecule is CCn1cc(S(=O)(=O)N2CC(O)C2)nc1C. The second-order valence-corrected chi connectivity index (χ2v) is 5.77. The molecule has 1 aliphatic rings. The first kappa shape index (κ1) is 11.6. The molecular weight excluding hydrogens is 230 g/mol. The first-order chi connectivity index (χ1) is 7.45. The van der Waals surface area contributed by atoms with Gasteiger partial charge in [0.05, 0.1) is 6.10 Å². The summed E-state index contributed by atoms with van der Waals surface area (Å²) in [5, 5.41) is 9.17. The number of hydrogen-bond acceptors (Lipinski definition) is 4. The zero-order valence-corrected chi connectivity index (χ0v) is 10.1. The van der Waals surface area contributed by atoms with Crippen LogP contribution in [0.3, 0.4) is 0 Å². The minimum atomic E-state index is -3.51. The maximum absolute atomic E-state index is 12.0. The highest BCUT2D eigenvalue weighted by Crippen LogP contribution is 2.20. The Morgan fingerprint density at radius 3 is 2.62 bits per heavy atom. The monoisotopic (exact) mass is 245 g/mol. The molecule has 1 aromatic heterocycles. The Morgan fingerprint density at radius 1 is 1.56 bits per heavy atom. The molecule has 2 rings (SSSR count). The van der Waals surface area contributed by atoms with E-state index in [4.69, 9.17) is 5.11 Å². The van der Waals surface area contributed by atoms with Crippen LogP contribution in [0.25, 0.3) is 0 Å². The van der Waals surface area contributed by atoms with Gasteiger partial charge >= 0.3 is 0 Å². The largest absolute Gasteiger partial charge is 0.390 e. The van der Waals surface area contributed by atoms with Gasteiger partial charge in [-0.05, 0) is 13.8 Å². The number of nitrogens with zero attached hydrogens (tertiary/aromatic N) is 3. The average molecular weight is 245 g/mol. The number of aliphatic hydroxyl groups is 1. The van der Waals surface area contributed by atoms with Crippen molar-refractivity contribution in [2.75, 3.05) is 13.1 Å². The number of aromatic nitrogens is 2. The molecule has 7 heteroatoms. The van der Waals surface area contributed by atoms with Gasteiger partial charge in [0.25, 0.3) is 10.0 Å². The predicted molar refractivity (Wildman–Crippen MR) is 57.4 cm³/mol. The summed E-state index contributed by atoms with van der Waals surface area (Å²) in [5.41, 5.74) is 0. The van der Waals surface area contributed by atoms with Gasteiger partial charge < -0.3 is 9.67 Å². The molecule has 0 atom stereocenters. The van der Waals surface area contributed by atoms with E-state index in [1.54, 1.807) is 11.5 Å². The normalized spacial score (nSPS) is 18.7. The van der Waals surface area contributed by atoms with Gasteiger partial charge in [-0.25, -0.2) is 13.4 Å². The van der Waals surface area contributed by atoms with Gasteiger partial charge in [0.15, 0.2) is 5.03 Å².